The zero-order valence-corrected chi connectivity index (χ0v) is 9.86. The molecule has 0 radical (unpaired) electrons. The van der Waals surface area contributed by atoms with Crippen LogP contribution in [0.25, 0.3) is 0 Å². The van der Waals surface area contributed by atoms with E-state index in [1.165, 1.54) is 7.11 Å². The van der Waals surface area contributed by atoms with Crippen molar-refractivity contribution in [3.63, 3.8) is 0 Å². The lowest BCUT2D eigenvalue weighted by molar-refractivity contribution is -0.141. The van der Waals surface area contributed by atoms with Crippen LogP contribution in [0, 0.1) is 6.92 Å². The highest BCUT2D eigenvalue weighted by molar-refractivity contribution is 5.90. The summed E-state index contributed by atoms with van der Waals surface area (Å²) in [6, 6.07) is 4.92. The number of esters is 2. The van der Waals surface area contributed by atoms with Crippen molar-refractivity contribution in [3.05, 3.63) is 29.3 Å². The smallest absolute Gasteiger partial charge is 0.338 e. The maximum absolute atomic E-state index is 11.5. The van der Waals surface area contributed by atoms with Gasteiger partial charge in [-0.15, -0.1) is 0 Å². The van der Waals surface area contributed by atoms with Gasteiger partial charge in [0.15, 0.2) is 0 Å². The minimum atomic E-state index is -0.499. The summed E-state index contributed by atoms with van der Waals surface area (Å²) in [6.45, 7) is 1.85. The summed E-state index contributed by atoms with van der Waals surface area (Å²) < 4.78 is 9.32. The van der Waals surface area contributed by atoms with Gasteiger partial charge < -0.3 is 15.2 Å². The predicted octanol–water partition coefficient (Wildman–Crippen LogP) is 1.30. The molecular formula is C12H15NO4. The maximum Gasteiger partial charge on any atom is 0.338 e. The number of benzene rings is 1. The van der Waals surface area contributed by atoms with E-state index in [1.807, 2.05) is 6.92 Å². The van der Waals surface area contributed by atoms with Crippen LogP contribution in [0.15, 0.2) is 18.2 Å². The number of carbonyl (C=O) groups excluding carboxylic acids is 2. The summed E-state index contributed by atoms with van der Waals surface area (Å²) in [5.41, 5.74) is 7.48. The summed E-state index contributed by atoms with van der Waals surface area (Å²) in [5, 5.41) is 0. The zero-order valence-electron chi connectivity index (χ0n) is 9.86. The topological polar surface area (TPSA) is 78.6 Å². The Morgan fingerprint density at radius 2 is 2.06 bits per heavy atom. The van der Waals surface area contributed by atoms with E-state index < -0.39 is 11.9 Å². The average molecular weight is 237 g/mol. The van der Waals surface area contributed by atoms with Crippen molar-refractivity contribution in [3.8, 4) is 0 Å². The van der Waals surface area contributed by atoms with Gasteiger partial charge in [0.25, 0.3) is 0 Å². The average Bonchev–Trinajstić information content (AvgIpc) is 2.32. The van der Waals surface area contributed by atoms with Crippen LogP contribution < -0.4 is 5.73 Å². The molecule has 0 bridgehead atoms. The van der Waals surface area contributed by atoms with Crippen LogP contribution in [0.3, 0.4) is 0 Å². The van der Waals surface area contributed by atoms with Gasteiger partial charge in [0.1, 0.15) is 6.61 Å². The first-order chi connectivity index (χ1) is 8.04. The SMILES string of the molecule is COC(=O)CCOC(=O)c1ccc(C)c(N)c1. The molecule has 92 valence electrons. The highest BCUT2D eigenvalue weighted by Crippen LogP contribution is 2.13. The first-order valence-corrected chi connectivity index (χ1v) is 5.14. The lowest BCUT2D eigenvalue weighted by Gasteiger charge is -2.06. The molecule has 0 aliphatic heterocycles. The van der Waals surface area contributed by atoms with Crippen LogP contribution in [-0.4, -0.2) is 25.7 Å². The summed E-state index contributed by atoms with van der Waals surface area (Å²) in [7, 11) is 1.28. The molecule has 0 heterocycles. The predicted molar refractivity (Wildman–Crippen MR) is 62.5 cm³/mol. The number of ether oxygens (including phenoxy) is 2. The molecule has 0 saturated heterocycles. The first-order valence-electron chi connectivity index (χ1n) is 5.14. The normalized spacial score (nSPS) is 9.76. The van der Waals surface area contributed by atoms with Crippen molar-refractivity contribution in [2.75, 3.05) is 19.5 Å². The molecule has 0 unspecified atom stereocenters. The summed E-state index contributed by atoms with van der Waals surface area (Å²) in [4.78, 5) is 22.3. The number of anilines is 1. The summed E-state index contributed by atoms with van der Waals surface area (Å²) >= 11 is 0. The van der Waals surface area contributed by atoms with Crippen molar-refractivity contribution in [1.29, 1.82) is 0 Å². The van der Waals surface area contributed by atoms with E-state index in [1.54, 1.807) is 18.2 Å². The van der Waals surface area contributed by atoms with E-state index in [0.717, 1.165) is 5.56 Å². The molecule has 5 heteroatoms. The van der Waals surface area contributed by atoms with Gasteiger partial charge in [-0.1, -0.05) is 6.07 Å². The number of rotatable bonds is 4. The Kier molecular flexibility index (Phi) is 4.51. The molecule has 0 saturated carbocycles. The molecule has 1 aromatic carbocycles. The number of aryl methyl sites for hydroxylation is 1. The number of hydrogen-bond donors (Lipinski definition) is 1. The van der Waals surface area contributed by atoms with Crippen LogP contribution >= 0.6 is 0 Å². The van der Waals surface area contributed by atoms with Crippen molar-refractivity contribution in [2.24, 2.45) is 0 Å². The van der Waals surface area contributed by atoms with Crippen molar-refractivity contribution >= 4 is 17.6 Å². The Hall–Kier alpha value is -2.04. The van der Waals surface area contributed by atoms with Crippen LogP contribution in [0.2, 0.25) is 0 Å². The Labute approximate surface area is 99.5 Å². The van der Waals surface area contributed by atoms with Crippen molar-refractivity contribution in [2.45, 2.75) is 13.3 Å². The van der Waals surface area contributed by atoms with Gasteiger partial charge >= 0.3 is 11.9 Å². The molecule has 0 aliphatic carbocycles. The van der Waals surface area contributed by atoms with E-state index >= 15 is 0 Å². The molecule has 1 aromatic rings. The molecule has 0 spiro atoms. The van der Waals surface area contributed by atoms with Gasteiger partial charge in [0, 0.05) is 5.69 Å². The fraction of sp³-hybridized carbons (Fsp3) is 0.333. The van der Waals surface area contributed by atoms with E-state index in [4.69, 9.17) is 10.5 Å². The Balaban J connectivity index is 2.52. The number of nitrogen functional groups attached to an aromatic ring is 1. The third kappa shape index (κ3) is 3.79. The summed E-state index contributed by atoms with van der Waals surface area (Å²) in [5.74, 6) is -0.915. The Morgan fingerprint density at radius 1 is 1.35 bits per heavy atom. The van der Waals surface area contributed by atoms with Gasteiger partial charge in [-0.3, -0.25) is 4.79 Å². The molecule has 2 N–H and O–H groups in total. The van der Waals surface area contributed by atoms with Gasteiger partial charge in [0.2, 0.25) is 0 Å². The Morgan fingerprint density at radius 3 is 2.65 bits per heavy atom. The molecule has 17 heavy (non-hydrogen) atoms. The van der Waals surface area contributed by atoms with Gasteiger partial charge in [-0.05, 0) is 24.6 Å². The van der Waals surface area contributed by atoms with Crippen LogP contribution in [0.4, 0.5) is 5.69 Å². The molecular weight excluding hydrogens is 222 g/mol. The molecule has 0 atom stereocenters. The third-order valence-corrected chi connectivity index (χ3v) is 2.28. The van der Waals surface area contributed by atoms with E-state index in [2.05, 4.69) is 4.74 Å². The first kappa shape index (κ1) is 13.0. The van der Waals surface area contributed by atoms with E-state index in [9.17, 15) is 9.59 Å². The number of nitrogens with two attached hydrogens (primary N) is 1. The molecule has 0 aromatic heterocycles. The van der Waals surface area contributed by atoms with Crippen molar-refractivity contribution in [1.82, 2.24) is 0 Å². The highest BCUT2D eigenvalue weighted by Gasteiger charge is 2.09. The second-order valence-corrected chi connectivity index (χ2v) is 3.53. The van der Waals surface area contributed by atoms with E-state index in [-0.39, 0.29) is 13.0 Å². The van der Waals surface area contributed by atoms with Crippen LogP contribution in [-0.2, 0) is 14.3 Å². The second kappa shape index (κ2) is 5.89. The lowest BCUT2D eigenvalue weighted by Crippen LogP contribution is -2.11. The van der Waals surface area contributed by atoms with Crippen molar-refractivity contribution < 1.29 is 19.1 Å². The van der Waals surface area contributed by atoms with Gasteiger partial charge in [-0.2, -0.15) is 0 Å². The molecule has 0 amide bonds. The van der Waals surface area contributed by atoms with Gasteiger partial charge in [-0.25, -0.2) is 4.79 Å². The van der Waals surface area contributed by atoms with Crippen LogP contribution in [0.1, 0.15) is 22.3 Å². The molecule has 0 aliphatic rings. The standard InChI is InChI=1S/C12H15NO4/c1-8-3-4-9(7-10(8)13)12(15)17-6-5-11(14)16-2/h3-4,7H,5-6,13H2,1-2H3. The van der Waals surface area contributed by atoms with Gasteiger partial charge in [0.05, 0.1) is 19.1 Å². The molecule has 5 nitrogen and oxygen atoms in total. The van der Waals surface area contributed by atoms with E-state index in [0.29, 0.717) is 11.3 Å². The number of carbonyl (C=O) groups is 2. The quantitative estimate of drug-likeness (QED) is 0.630. The fourth-order valence-electron chi connectivity index (χ4n) is 1.18. The Bertz CT molecular complexity index is 429. The van der Waals surface area contributed by atoms with Crippen LogP contribution in [0.5, 0.6) is 0 Å². The number of methoxy groups -OCH3 is 1. The fourth-order valence-corrected chi connectivity index (χ4v) is 1.18. The molecule has 1 rings (SSSR count). The number of hydrogen-bond acceptors (Lipinski definition) is 5. The zero-order chi connectivity index (χ0) is 12.8. The lowest BCUT2D eigenvalue weighted by atomic mass is 10.1. The maximum atomic E-state index is 11.5. The largest absolute Gasteiger partial charge is 0.469 e. The second-order valence-electron chi connectivity index (χ2n) is 3.53. The monoisotopic (exact) mass is 237 g/mol. The molecule has 0 fully saturated rings. The highest BCUT2D eigenvalue weighted by atomic mass is 16.5. The minimum Gasteiger partial charge on any atom is -0.469 e. The third-order valence-electron chi connectivity index (χ3n) is 2.28. The summed E-state index contributed by atoms with van der Waals surface area (Å²) in [6.07, 6.45) is 0.0452. The minimum absolute atomic E-state index is 0.000706.